The number of hydrogen-bond acceptors (Lipinski definition) is 3. The minimum absolute atomic E-state index is 0.584. The highest BCUT2D eigenvalue weighted by Gasteiger charge is 2.06. The monoisotopic (exact) mass is 227 g/mol. The summed E-state index contributed by atoms with van der Waals surface area (Å²) in [5, 5.41) is 3.83. The van der Waals surface area contributed by atoms with E-state index in [1.807, 2.05) is 0 Å². The Morgan fingerprint density at radius 1 is 1.47 bits per heavy atom. The smallest absolute Gasteiger partial charge is 0.144 e. The Kier molecular flexibility index (Phi) is 4.69. The summed E-state index contributed by atoms with van der Waals surface area (Å²) < 4.78 is 0. The Labute approximate surface area is 96.0 Å². The molecule has 84 valence electrons. The van der Waals surface area contributed by atoms with Crippen LogP contribution in [0.2, 0.25) is 5.02 Å². The lowest BCUT2D eigenvalue weighted by atomic mass is 10.0. The van der Waals surface area contributed by atoms with Gasteiger partial charge in [-0.2, -0.15) is 0 Å². The van der Waals surface area contributed by atoms with Crippen LogP contribution in [0.5, 0.6) is 0 Å². The van der Waals surface area contributed by atoms with Crippen molar-refractivity contribution in [2.75, 3.05) is 17.6 Å². The second-order valence-electron chi connectivity index (χ2n) is 3.66. The third kappa shape index (κ3) is 3.59. The number of hydrogen-bond donors (Lipinski definition) is 2. The van der Waals surface area contributed by atoms with Crippen molar-refractivity contribution in [3.8, 4) is 0 Å². The lowest BCUT2D eigenvalue weighted by Crippen LogP contribution is -2.13. The minimum Gasteiger partial charge on any atom is -0.397 e. The molecule has 0 saturated carbocycles. The molecule has 0 radical (unpaired) electrons. The van der Waals surface area contributed by atoms with E-state index in [9.17, 15) is 0 Å². The highest BCUT2D eigenvalue weighted by molar-refractivity contribution is 6.33. The Bertz CT molecular complexity index is 311. The molecule has 0 aromatic carbocycles. The zero-order valence-electron chi connectivity index (χ0n) is 9.26. The van der Waals surface area contributed by atoms with E-state index in [0.717, 1.165) is 25.2 Å². The van der Waals surface area contributed by atoms with Crippen molar-refractivity contribution in [3.05, 3.63) is 17.3 Å². The summed E-state index contributed by atoms with van der Waals surface area (Å²) in [6.45, 7) is 5.28. The van der Waals surface area contributed by atoms with Gasteiger partial charge in [-0.15, -0.1) is 0 Å². The molecule has 0 aliphatic rings. The minimum atomic E-state index is 0.584. The van der Waals surface area contributed by atoms with E-state index >= 15 is 0 Å². The maximum Gasteiger partial charge on any atom is 0.144 e. The number of nitrogen functional groups attached to an aromatic ring is 1. The van der Waals surface area contributed by atoms with Crippen molar-refractivity contribution in [1.82, 2.24) is 4.98 Å². The van der Waals surface area contributed by atoms with Crippen LogP contribution in [0.1, 0.15) is 26.7 Å². The number of nitrogens with zero attached hydrogens (tertiary/aromatic N) is 1. The number of anilines is 2. The average Bonchev–Trinajstić information content (AvgIpc) is 2.22. The fourth-order valence-electron chi connectivity index (χ4n) is 1.40. The van der Waals surface area contributed by atoms with Crippen molar-refractivity contribution >= 4 is 23.1 Å². The highest BCUT2D eigenvalue weighted by atomic mass is 35.5. The van der Waals surface area contributed by atoms with Gasteiger partial charge in [0.15, 0.2) is 0 Å². The lowest BCUT2D eigenvalue weighted by molar-refractivity contribution is 0.518. The molecule has 4 heteroatoms. The van der Waals surface area contributed by atoms with Gasteiger partial charge in [0.05, 0.1) is 16.9 Å². The molecule has 15 heavy (non-hydrogen) atoms. The molecule has 0 bridgehead atoms. The summed E-state index contributed by atoms with van der Waals surface area (Å²) in [7, 11) is 0. The van der Waals surface area contributed by atoms with E-state index in [4.69, 9.17) is 17.3 Å². The van der Waals surface area contributed by atoms with Crippen LogP contribution in [0.15, 0.2) is 12.3 Å². The van der Waals surface area contributed by atoms with Crippen LogP contribution < -0.4 is 11.1 Å². The van der Waals surface area contributed by atoms with Crippen molar-refractivity contribution in [1.29, 1.82) is 0 Å². The largest absolute Gasteiger partial charge is 0.397 e. The Balaban J connectivity index is 2.57. The van der Waals surface area contributed by atoms with E-state index < -0.39 is 0 Å². The maximum absolute atomic E-state index is 5.99. The number of rotatable bonds is 5. The number of aromatic nitrogens is 1. The van der Waals surface area contributed by atoms with Crippen LogP contribution in [0.3, 0.4) is 0 Å². The lowest BCUT2D eigenvalue weighted by Gasteiger charge is -2.14. The zero-order valence-corrected chi connectivity index (χ0v) is 10.0. The highest BCUT2D eigenvalue weighted by Crippen LogP contribution is 2.21. The van der Waals surface area contributed by atoms with E-state index in [2.05, 4.69) is 24.1 Å². The molecule has 3 nitrogen and oxygen atoms in total. The molecule has 0 amide bonds. The van der Waals surface area contributed by atoms with Crippen LogP contribution in [0.4, 0.5) is 11.5 Å². The van der Waals surface area contributed by atoms with E-state index in [1.165, 1.54) is 0 Å². The molecular weight excluding hydrogens is 210 g/mol. The maximum atomic E-state index is 5.99. The first kappa shape index (κ1) is 12.1. The predicted octanol–water partition coefficient (Wildman–Crippen LogP) is 3.17. The third-order valence-electron chi connectivity index (χ3n) is 2.58. The van der Waals surface area contributed by atoms with Gasteiger partial charge in [-0.05, 0) is 12.0 Å². The number of pyridine rings is 1. The first-order chi connectivity index (χ1) is 7.17. The summed E-state index contributed by atoms with van der Waals surface area (Å²) in [6, 6.07) is 1.71. The molecule has 0 saturated heterocycles. The van der Waals surface area contributed by atoms with Gasteiger partial charge in [0, 0.05) is 6.54 Å². The number of nitrogens with two attached hydrogens (primary N) is 1. The van der Waals surface area contributed by atoms with Gasteiger partial charge >= 0.3 is 0 Å². The molecule has 1 aromatic rings. The summed E-state index contributed by atoms with van der Waals surface area (Å²) in [5.74, 6) is 1.39. The van der Waals surface area contributed by atoms with Crippen LogP contribution in [-0.2, 0) is 0 Å². The SMILES string of the molecule is CCC(CC)CNc1ncc(N)cc1Cl. The van der Waals surface area contributed by atoms with Crippen LogP contribution in [0.25, 0.3) is 0 Å². The van der Waals surface area contributed by atoms with Crippen LogP contribution >= 0.6 is 11.6 Å². The average molecular weight is 228 g/mol. The fourth-order valence-corrected chi connectivity index (χ4v) is 1.64. The van der Waals surface area contributed by atoms with Crippen molar-refractivity contribution in [2.45, 2.75) is 26.7 Å². The summed E-state index contributed by atoms with van der Waals surface area (Å²) >= 11 is 5.99. The van der Waals surface area contributed by atoms with Gasteiger partial charge in [-0.25, -0.2) is 4.98 Å². The normalized spacial score (nSPS) is 10.7. The predicted molar refractivity (Wildman–Crippen MR) is 66.2 cm³/mol. The van der Waals surface area contributed by atoms with E-state index in [-0.39, 0.29) is 0 Å². The Morgan fingerprint density at radius 3 is 2.67 bits per heavy atom. The third-order valence-corrected chi connectivity index (χ3v) is 2.86. The molecular formula is C11H18ClN3. The summed E-state index contributed by atoms with van der Waals surface area (Å²) in [6.07, 6.45) is 3.94. The van der Waals surface area contributed by atoms with Gasteiger partial charge in [-0.3, -0.25) is 0 Å². The number of nitrogens with one attached hydrogen (secondary N) is 1. The quantitative estimate of drug-likeness (QED) is 0.813. The molecule has 1 aromatic heterocycles. The molecule has 1 heterocycles. The van der Waals surface area contributed by atoms with Crippen molar-refractivity contribution < 1.29 is 0 Å². The van der Waals surface area contributed by atoms with Gasteiger partial charge < -0.3 is 11.1 Å². The van der Waals surface area contributed by atoms with E-state index in [1.54, 1.807) is 12.3 Å². The molecule has 0 fully saturated rings. The molecule has 0 unspecified atom stereocenters. The van der Waals surface area contributed by atoms with Crippen molar-refractivity contribution in [3.63, 3.8) is 0 Å². The first-order valence-electron chi connectivity index (χ1n) is 5.32. The molecule has 1 rings (SSSR count). The first-order valence-corrected chi connectivity index (χ1v) is 5.70. The molecule has 0 aliphatic carbocycles. The Morgan fingerprint density at radius 2 is 2.13 bits per heavy atom. The molecule has 3 N–H and O–H groups in total. The topological polar surface area (TPSA) is 50.9 Å². The van der Waals surface area contributed by atoms with Crippen LogP contribution in [0, 0.1) is 5.92 Å². The summed E-state index contributed by atoms with van der Waals surface area (Å²) in [4.78, 5) is 4.15. The summed E-state index contributed by atoms with van der Waals surface area (Å²) in [5.41, 5.74) is 6.15. The Hall–Kier alpha value is -0.960. The molecule has 0 atom stereocenters. The second kappa shape index (κ2) is 5.81. The fraction of sp³-hybridized carbons (Fsp3) is 0.545. The molecule has 0 spiro atoms. The van der Waals surface area contributed by atoms with E-state index in [0.29, 0.717) is 16.6 Å². The van der Waals surface area contributed by atoms with Gasteiger partial charge in [0.2, 0.25) is 0 Å². The van der Waals surface area contributed by atoms with Gasteiger partial charge in [0.25, 0.3) is 0 Å². The zero-order chi connectivity index (χ0) is 11.3. The number of halogens is 1. The van der Waals surface area contributed by atoms with Crippen LogP contribution in [-0.4, -0.2) is 11.5 Å². The van der Waals surface area contributed by atoms with Gasteiger partial charge in [0.1, 0.15) is 5.82 Å². The van der Waals surface area contributed by atoms with Gasteiger partial charge in [-0.1, -0.05) is 38.3 Å². The second-order valence-corrected chi connectivity index (χ2v) is 4.07. The molecule has 0 aliphatic heterocycles. The standard InChI is InChI=1S/C11H18ClN3/c1-3-8(4-2)6-14-11-10(12)5-9(13)7-15-11/h5,7-8H,3-4,6,13H2,1-2H3,(H,14,15). The van der Waals surface area contributed by atoms with Crippen molar-refractivity contribution in [2.24, 2.45) is 5.92 Å².